The lowest BCUT2D eigenvalue weighted by Gasteiger charge is -2.13. The number of carbonyl (C=O) groups is 1. The molecule has 7 heteroatoms. The topological polar surface area (TPSA) is 104 Å². The Morgan fingerprint density at radius 3 is 2.53 bits per heavy atom. The maximum absolute atomic E-state index is 13.3. The van der Waals surface area contributed by atoms with Crippen LogP contribution >= 0.6 is 0 Å². The standard InChI is InChI=1S/C27H25N3O4/c1-3-22(21-15-17(31)13-14-25(21)32)29-30-27(33)20-16-24(28-23-11-7-5-9-18(20)23)19-10-6-8-12-26(19)34-4-2/h5-16,31-32H,3-4H2,1-2H3,(H,30,33). The molecule has 0 bridgehead atoms. The average Bonchev–Trinajstić information content (AvgIpc) is 2.86. The number of amides is 1. The van der Waals surface area contributed by atoms with Crippen molar-refractivity contribution in [3.8, 4) is 28.5 Å². The van der Waals surface area contributed by atoms with Gasteiger partial charge >= 0.3 is 0 Å². The molecule has 0 fully saturated rings. The highest BCUT2D eigenvalue weighted by molar-refractivity contribution is 6.09. The smallest absolute Gasteiger partial charge is 0.272 e. The van der Waals surface area contributed by atoms with Gasteiger partial charge in [-0.25, -0.2) is 10.4 Å². The summed E-state index contributed by atoms with van der Waals surface area (Å²) in [7, 11) is 0. The number of hydrogen-bond donors (Lipinski definition) is 3. The van der Waals surface area contributed by atoms with Crippen molar-refractivity contribution < 1.29 is 19.7 Å². The molecule has 7 nitrogen and oxygen atoms in total. The minimum Gasteiger partial charge on any atom is -0.508 e. The highest BCUT2D eigenvalue weighted by atomic mass is 16.5. The molecule has 3 aromatic carbocycles. The first-order chi connectivity index (χ1) is 16.5. The quantitative estimate of drug-likeness (QED) is 0.200. The zero-order chi connectivity index (χ0) is 24.1. The van der Waals surface area contributed by atoms with Crippen molar-refractivity contribution in [3.63, 3.8) is 0 Å². The highest BCUT2D eigenvalue weighted by Gasteiger charge is 2.16. The molecule has 0 saturated carbocycles. The molecule has 3 N–H and O–H groups in total. The van der Waals surface area contributed by atoms with Gasteiger partial charge in [0.05, 0.1) is 29.1 Å². The minimum absolute atomic E-state index is 0.00184. The summed E-state index contributed by atoms with van der Waals surface area (Å²) in [5.41, 5.74) is 5.86. The van der Waals surface area contributed by atoms with Crippen molar-refractivity contribution in [2.45, 2.75) is 20.3 Å². The minimum atomic E-state index is -0.417. The Labute approximate surface area is 197 Å². The van der Waals surface area contributed by atoms with Gasteiger partial charge in [-0.1, -0.05) is 37.3 Å². The van der Waals surface area contributed by atoms with Crippen LogP contribution in [0.4, 0.5) is 0 Å². The van der Waals surface area contributed by atoms with E-state index in [0.717, 1.165) is 5.56 Å². The zero-order valence-corrected chi connectivity index (χ0v) is 18.9. The molecule has 1 aromatic heterocycles. The number of rotatable bonds is 7. The lowest BCUT2D eigenvalue weighted by atomic mass is 10.0. The first-order valence-electron chi connectivity index (χ1n) is 11.0. The van der Waals surface area contributed by atoms with Gasteiger partial charge in [-0.15, -0.1) is 0 Å². The molecule has 4 aromatic rings. The van der Waals surface area contributed by atoms with E-state index in [2.05, 4.69) is 10.5 Å². The fourth-order valence-corrected chi connectivity index (χ4v) is 3.72. The highest BCUT2D eigenvalue weighted by Crippen LogP contribution is 2.31. The van der Waals surface area contributed by atoms with E-state index in [0.29, 0.717) is 52.2 Å². The maximum Gasteiger partial charge on any atom is 0.272 e. The third-order valence-electron chi connectivity index (χ3n) is 5.34. The number of para-hydroxylation sites is 2. The molecular weight excluding hydrogens is 430 g/mol. The summed E-state index contributed by atoms with van der Waals surface area (Å²) < 4.78 is 5.76. The molecule has 0 spiro atoms. The summed E-state index contributed by atoms with van der Waals surface area (Å²) >= 11 is 0. The zero-order valence-electron chi connectivity index (χ0n) is 18.9. The molecule has 0 aliphatic carbocycles. The average molecular weight is 456 g/mol. The number of hydrazone groups is 1. The van der Waals surface area contributed by atoms with Gasteiger partial charge in [0.1, 0.15) is 17.2 Å². The Hall–Kier alpha value is -4.39. The van der Waals surface area contributed by atoms with Crippen LogP contribution in [0.5, 0.6) is 17.2 Å². The van der Waals surface area contributed by atoms with Gasteiger partial charge in [0.25, 0.3) is 5.91 Å². The van der Waals surface area contributed by atoms with E-state index in [1.54, 1.807) is 6.07 Å². The van der Waals surface area contributed by atoms with E-state index in [4.69, 9.17) is 9.72 Å². The molecule has 0 atom stereocenters. The predicted molar refractivity (Wildman–Crippen MR) is 132 cm³/mol. The number of ether oxygens (including phenoxy) is 1. The molecule has 0 aliphatic heterocycles. The lowest BCUT2D eigenvalue weighted by molar-refractivity contribution is 0.0956. The molecular formula is C27H25N3O4. The summed E-state index contributed by atoms with van der Waals surface area (Å²) in [4.78, 5) is 18.0. The van der Waals surface area contributed by atoms with Gasteiger partial charge in [-0.05, 0) is 55.8 Å². The second kappa shape index (κ2) is 10.0. The normalized spacial score (nSPS) is 11.4. The molecule has 0 unspecified atom stereocenters. The SMILES string of the molecule is CCOc1ccccc1-c1cc(C(=O)NN=C(CC)c2cc(O)ccc2O)c2ccccc2n1. The van der Waals surface area contributed by atoms with Gasteiger partial charge in [-0.2, -0.15) is 5.10 Å². The molecule has 0 aliphatic rings. The molecule has 0 saturated heterocycles. The van der Waals surface area contributed by atoms with Crippen LogP contribution in [-0.2, 0) is 0 Å². The van der Waals surface area contributed by atoms with Crippen molar-refractivity contribution in [2.24, 2.45) is 5.10 Å². The third-order valence-corrected chi connectivity index (χ3v) is 5.34. The van der Waals surface area contributed by atoms with Gasteiger partial charge in [-0.3, -0.25) is 4.79 Å². The first kappa shape index (κ1) is 22.8. The molecule has 1 amide bonds. The van der Waals surface area contributed by atoms with Crippen LogP contribution in [0.1, 0.15) is 36.2 Å². The summed E-state index contributed by atoms with van der Waals surface area (Å²) in [6.45, 7) is 4.27. The molecule has 1 heterocycles. The number of carbonyl (C=O) groups excluding carboxylic acids is 1. The fourth-order valence-electron chi connectivity index (χ4n) is 3.72. The van der Waals surface area contributed by atoms with Crippen LogP contribution in [-0.4, -0.2) is 33.4 Å². The van der Waals surface area contributed by atoms with E-state index < -0.39 is 5.91 Å². The van der Waals surface area contributed by atoms with Crippen LogP contribution in [0.2, 0.25) is 0 Å². The maximum atomic E-state index is 13.3. The Morgan fingerprint density at radius 2 is 1.74 bits per heavy atom. The Bertz CT molecular complexity index is 1380. The number of pyridine rings is 1. The number of phenolic OH excluding ortho intramolecular Hbond substituents is 2. The number of nitrogens with zero attached hydrogens (tertiary/aromatic N) is 2. The fraction of sp³-hybridized carbons (Fsp3) is 0.148. The summed E-state index contributed by atoms with van der Waals surface area (Å²) in [5, 5.41) is 24.9. The number of aromatic nitrogens is 1. The lowest BCUT2D eigenvalue weighted by Crippen LogP contribution is -2.20. The number of nitrogens with one attached hydrogen (secondary N) is 1. The van der Waals surface area contributed by atoms with Crippen molar-refractivity contribution in [1.82, 2.24) is 10.4 Å². The van der Waals surface area contributed by atoms with Crippen molar-refractivity contribution in [1.29, 1.82) is 0 Å². The van der Waals surface area contributed by atoms with Crippen LogP contribution in [0.3, 0.4) is 0 Å². The van der Waals surface area contributed by atoms with Crippen molar-refractivity contribution >= 4 is 22.5 Å². The van der Waals surface area contributed by atoms with E-state index in [1.807, 2.05) is 62.4 Å². The number of phenols is 2. The van der Waals surface area contributed by atoms with E-state index in [-0.39, 0.29) is 11.5 Å². The Morgan fingerprint density at radius 1 is 0.971 bits per heavy atom. The summed E-state index contributed by atoms with van der Waals surface area (Å²) in [6, 6.07) is 20.9. The predicted octanol–water partition coefficient (Wildman–Crippen LogP) is 5.26. The Balaban J connectivity index is 1.76. The van der Waals surface area contributed by atoms with Gasteiger partial charge < -0.3 is 14.9 Å². The van der Waals surface area contributed by atoms with Crippen molar-refractivity contribution in [3.05, 3.63) is 83.9 Å². The van der Waals surface area contributed by atoms with E-state index in [9.17, 15) is 15.0 Å². The first-order valence-corrected chi connectivity index (χ1v) is 11.0. The monoisotopic (exact) mass is 455 g/mol. The Kier molecular flexibility index (Phi) is 6.73. The van der Waals surface area contributed by atoms with Gasteiger partial charge in [0, 0.05) is 16.5 Å². The molecule has 0 radical (unpaired) electrons. The molecule has 172 valence electrons. The van der Waals surface area contributed by atoms with E-state index >= 15 is 0 Å². The number of hydrogen-bond acceptors (Lipinski definition) is 6. The number of benzene rings is 3. The van der Waals surface area contributed by atoms with Crippen molar-refractivity contribution in [2.75, 3.05) is 6.61 Å². The van der Waals surface area contributed by atoms with Gasteiger partial charge in [0.15, 0.2) is 0 Å². The number of fused-ring (bicyclic) bond motifs is 1. The summed E-state index contributed by atoms with van der Waals surface area (Å²) in [5.74, 6) is 0.235. The van der Waals surface area contributed by atoms with Crippen LogP contribution in [0.15, 0.2) is 77.9 Å². The van der Waals surface area contributed by atoms with Gasteiger partial charge in [0.2, 0.25) is 0 Å². The molecule has 4 rings (SSSR count). The number of aromatic hydroxyl groups is 2. The van der Waals surface area contributed by atoms with Crippen LogP contribution in [0, 0.1) is 0 Å². The third kappa shape index (κ3) is 4.68. The largest absolute Gasteiger partial charge is 0.508 e. The van der Waals surface area contributed by atoms with Crippen LogP contribution < -0.4 is 10.2 Å². The molecule has 34 heavy (non-hydrogen) atoms. The summed E-state index contributed by atoms with van der Waals surface area (Å²) in [6.07, 6.45) is 0.432. The van der Waals surface area contributed by atoms with E-state index in [1.165, 1.54) is 18.2 Å². The second-order valence-electron chi connectivity index (χ2n) is 7.56. The second-order valence-corrected chi connectivity index (χ2v) is 7.56. The van der Waals surface area contributed by atoms with Crippen LogP contribution in [0.25, 0.3) is 22.2 Å².